The maximum Gasteiger partial charge on any atom is 0.329 e. The number of hydrogen-bond acceptors (Lipinski definition) is 23. The first-order valence-corrected chi connectivity index (χ1v) is 24.2. The molecule has 0 saturated carbocycles. The van der Waals surface area contributed by atoms with Crippen LogP contribution < -0.4 is 67.5 Å². The summed E-state index contributed by atoms with van der Waals surface area (Å²) in [5, 5.41) is 20.9. The van der Waals surface area contributed by atoms with E-state index in [1.54, 1.807) is 37.4 Å². The van der Waals surface area contributed by atoms with E-state index in [0.717, 1.165) is 26.8 Å². The molecule has 15 aromatic heterocycles. The molecule has 0 spiro atoms. The summed E-state index contributed by atoms with van der Waals surface area (Å²) >= 11 is 9.82. The van der Waals surface area contributed by atoms with Crippen LogP contribution in [0.5, 0.6) is 0 Å². The van der Waals surface area contributed by atoms with Crippen molar-refractivity contribution in [1.82, 2.24) is 149 Å². The van der Waals surface area contributed by atoms with Crippen LogP contribution in [0, 0.1) is 16.2 Å². The average molecular weight is 1240 g/mol. The van der Waals surface area contributed by atoms with E-state index < -0.39 is 50.8 Å². The molecule has 45 heteroatoms. The summed E-state index contributed by atoms with van der Waals surface area (Å²) in [5.74, 6) is 0. The Kier molecular flexibility index (Phi) is 19.2. The highest BCUT2D eigenvalue weighted by Gasteiger charge is 2.08. The molecular weight excluding hydrogens is 1200 g/mol. The van der Waals surface area contributed by atoms with Gasteiger partial charge in [0, 0.05) is 25.9 Å². The standard InChI is InChI=1S/C6H6N4O3.C6H6N4O2.C5H4N4O3.2C5H4N4O.2C5H4N4S.C5H6N2O2.H2O/c1-10-4(11)2-3(9-6(10)13)8-5(12)7-2;1-10-2-7-4-3(10)5(11)9-6(12)8-4;10-3-1-2(7-4(11)6-1)8-5(12)9-3;2*10-5-3-1-8-9-4(3)6-2-7-5;10-5-3-4(7-1-6-3)8-2-9-5;10-5-3-1-8-9-4(3)6-2-7-5;1-3-2-6-5(9)7-4(3)8;/h1H3,(H,9,13)(H2,7,8,12);2H,1H3,(H2,8,9,11,12);(H4,6,7,8,9,10,11,12);4*1-2H,(H2,6,7,8,9,10);2H,1H3,(H2,6,7,8,9);1H2. The average Bonchev–Trinajstić information content (AvgIpc) is 2.28. The number of aromatic nitrogens is 30. The van der Waals surface area contributed by atoms with Crippen LogP contribution in [0.2, 0.25) is 0 Å². The second-order valence-corrected chi connectivity index (χ2v) is 17.3. The molecule has 0 aromatic carbocycles. The number of hydrogen-bond donors (Lipinski definition) is 19. The van der Waals surface area contributed by atoms with Gasteiger partial charge in [0.05, 0.1) is 61.9 Å². The van der Waals surface area contributed by atoms with Crippen molar-refractivity contribution >= 4 is 102 Å². The number of fused-ring (bicyclic) bond motifs is 7. The Hall–Kier alpha value is -13.1. The zero-order valence-electron chi connectivity index (χ0n) is 43.9. The van der Waals surface area contributed by atoms with Crippen molar-refractivity contribution in [1.29, 1.82) is 0 Å². The summed E-state index contributed by atoms with van der Waals surface area (Å²) in [6, 6.07) is 0. The molecule has 0 radical (unpaired) electrons. The molecule has 15 heterocycles. The Bertz CT molecular complexity index is 5450. The van der Waals surface area contributed by atoms with Crippen molar-refractivity contribution < 1.29 is 5.48 Å². The molecule has 0 aliphatic carbocycles. The molecule has 0 unspecified atom stereocenters. The molecule has 0 aliphatic heterocycles. The lowest BCUT2D eigenvalue weighted by molar-refractivity contribution is 0.790. The van der Waals surface area contributed by atoms with Crippen LogP contribution in [-0.2, 0) is 14.1 Å². The molecule has 448 valence electrons. The summed E-state index contributed by atoms with van der Waals surface area (Å²) in [4.78, 5) is 191. The Labute approximate surface area is 479 Å². The number of nitrogens with zero attached hydrogens (tertiary/aromatic N) is 11. The number of imidazole rings is 4. The van der Waals surface area contributed by atoms with E-state index in [-0.39, 0.29) is 44.5 Å². The van der Waals surface area contributed by atoms with Gasteiger partial charge in [-0.3, -0.25) is 98.5 Å². The minimum absolute atomic E-state index is 0. The number of nitrogens with one attached hydrogen (secondary N) is 19. The van der Waals surface area contributed by atoms with E-state index in [2.05, 4.69) is 135 Å². The molecule has 0 bridgehead atoms. The van der Waals surface area contributed by atoms with E-state index in [9.17, 15) is 57.5 Å². The van der Waals surface area contributed by atoms with Crippen molar-refractivity contribution in [2.45, 2.75) is 6.92 Å². The van der Waals surface area contributed by atoms with Crippen molar-refractivity contribution in [2.75, 3.05) is 0 Å². The van der Waals surface area contributed by atoms with Gasteiger partial charge in [0.1, 0.15) is 43.4 Å². The highest BCUT2D eigenvalue weighted by molar-refractivity contribution is 7.71. The van der Waals surface area contributed by atoms with E-state index in [1.165, 1.54) is 50.9 Å². The first kappa shape index (κ1) is 61.5. The van der Waals surface area contributed by atoms with Crippen LogP contribution in [0.3, 0.4) is 0 Å². The van der Waals surface area contributed by atoms with E-state index in [1.807, 2.05) is 4.98 Å². The van der Waals surface area contributed by atoms with Gasteiger partial charge in [0.25, 0.3) is 33.4 Å². The van der Waals surface area contributed by atoms with Gasteiger partial charge in [0.15, 0.2) is 38.3 Å². The SMILES string of the molecule is Cc1c[nH]c(=O)[nH]c1=O.Cn1c(=O)[nH]c2[nH]c(=O)[nH]c2c1=O.Cn1cnc2[nH]c(=O)[nH]c(=O)c21.O.O=c1[nH]c(=O)c2[nH]c(=O)[nH]c2[nH]1.O=c1[nH]cnc2[nH]ncc12.O=c1[nH]cnc2[nH]ncc12.S=c1nc[nH]c2[nH]ncc12.S=c1nc[nH]c2nc[nH]c12. The third-order valence-corrected chi connectivity index (χ3v) is 11.5. The molecule has 15 aromatic rings. The van der Waals surface area contributed by atoms with Gasteiger partial charge < -0.3 is 39.9 Å². The lowest BCUT2D eigenvalue weighted by Gasteiger charge is -1.93. The smallest absolute Gasteiger partial charge is 0.329 e. The number of rotatable bonds is 0. The van der Waals surface area contributed by atoms with Crippen molar-refractivity contribution in [3.05, 3.63) is 203 Å². The van der Waals surface area contributed by atoms with Gasteiger partial charge in [-0.05, 0) is 6.92 Å². The summed E-state index contributed by atoms with van der Waals surface area (Å²) in [6.07, 6.45) is 14.7. The zero-order valence-corrected chi connectivity index (χ0v) is 45.5. The van der Waals surface area contributed by atoms with Crippen LogP contribution >= 0.6 is 24.4 Å². The van der Waals surface area contributed by atoms with E-state index in [0.29, 0.717) is 48.1 Å². The van der Waals surface area contributed by atoms with Crippen molar-refractivity contribution in [3.8, 4) is 0 Å². The lowest BCUT2D eigenvalue weighted by Crippen LogP contribution is -2.32. The predicted molar refractivity (Wildman–Crippen MR) is 310 cm³/mol. The molecule has 0 atom stereocenters. The predicted octanol–water partition coefficient (Wildman–Crippen LogP) is -4.70. The highest BCUT2D eigenvalue weighted by Crippen LogP contribution is 2.05. The van der Waals surface area contributed by atoms with Crippen LogP contribution in [0.4, 0.5) is 0 Å². The maximum atomic E-state index is 11.3. The van der Waals surface area contributed by atoms with Gasteiger partial charge in [-0.1, -0.05) is 24.4 Å². The summed E-state index contributed by atoms with van der Waals surface area (Å²) < 4.78 is 3.55. The fraction of sp³-hybridized carbons (Fsp3) is 0.0714. The monoisotopic (exact) mass is 1240 g/mol. The summed E-state index contributed by atoms with van der Waals surface area (Å²) in [6.45, 7) is 1.62. The first-order chi connectivity index (χ1) is 41.1. The van der Waals surface area contributed by atoms with Gasteiger partial charge in [-0.15, -0.1) is 0 Å². The van der Waals surface area contributed by atoms with Crippen LogP contribution in [0.25, 0.3) is 77.8 Å². The largest absolute Gasteiger partial charge is 0.412 e. The van der Waals surface area contributed by atoms with Crippen molar-refractivity contribution in [2.24, 2.45) is 14.1 Å². The molecule has 0 aliphatic rings. The van der Waals surface area contributed by atoms with Crippen LogP contribution in [0.1, 0.15) is 5.56 Å². The Morgan fingerprint density at radius 1 is 0.402 bits per heavy atom. The minimum Gasteiger partial charge on any atom is -0.412 e. The number of aryl methyl sites for hydroxylation is 2. The Morgan fingerprint density at radius 2 is 0.908 bits per heavy atom. The molecule has 21 N–H and O–H groups in total. The van der Waals surface area contributed by atoms with Gasteiger partial charge >= 0.3 is 34.1 Å². The quantitative estimate of drug-likeness (QED) is 0.0634. The minimum atomic E-state index is -0.650. The van der Waals surface area contributed by atoms with Gasteiger partial charge in [-0.25, -0.2) is 58.7 Å². The molecule has 0 amide bonds. The molecular formula is C42H40N30O13S2. The topological polar surface area (TPSA) is 662 Å². The van der Waals surface area contributed by atoms with E-state index >= 15 is 0 Å². The summed E-state index contributed by atoms with van der Waals surface area (Å²) in [5.41, 5.74) is -0.577. The summed E-state index contributed by atoms with van der Waals surface area (Å²) in [7, 11) is 3.01. The molecule has 87 heavy (non-hydrogen) atoms. The molecule has 15 rings (SSSR count). The van der Waals surface area contributed by atoms with E-state index in [4.69, 9.17) is 24.4 Å². The molecule has 0 saturated heterocycles. The second-order valence-electron chi connectivity index (χ2n) is 16.5. The molecule has 43 nitrogen and oxygen atoms in total. The zero-order chi connectivity index (χ0) is 61.8. The number of aromatic amines is 19. The second kappa shape index (κ2) is 27.1. The maximum absolute atomic E-state index is 11.3. The fourth-order valence-electron chi connectivity index (χ4n) is 6.73. The fourth-order valence-corrected chi connectivity index (χ4v) is 7.15. The van der Waals surface area contributed by atoms with Crippen LogP contribution in [-0.4, -0.2) is 155 Å². The Balaban J connectivity index is 0.000000142. The van der Waals surface area contributed by atoms with Crippen LogP contribution in [0.15, 0.2) is 120 Å². The Morgan fingerprint density at radius 3 is 1.51 bits per heavy atom. The normalized spacial score (nSPS) is 10.3. The lowest BCUT2D eigenvalue weighted by atomic mass is 10.4. The molecule has 0 fully saturated rings. The number of H-pyrrole nitrogens is 19. The van der Waals surface area contributed by atoms with Crippen molar-refractivity contribution in [3.63, 3.8) is 0 Å². The van der Waals surface area contributed by atoms with Gasteiger partial charge in [-0.2, -0.15) is 15.3 Å². The third-order valence-electron chi connectivity index (χ3n) is 10.8. The highest BCUT2D eigenvalue weighted by atomic mass is 32.1. The van der Waals surface area contributed by atoms with Gasteiger partial charge in [0.2, 0.25) is 0 Å². The first-order valence-electron chi connectivity index (χ1n) is 23.4. The third kappa shape index (κ3) is 14.9.